The van der Waals surface area contributed by atoms with Crippen LogP contribution in [0.3, 0.4) is 0 Å². The second kappa shape index (κ2) is 9.20. The highest BCUT2D eigenvalue weighted by Gasteiger charge is 2.26. The van der Waals surface area contributed by atoms with Crippen molar-refractivity contribution in [2.45, 2.75) is 52.7 Å². The van der Waals surface area contributed by atoms with Crippen LogP contribution in [0.5, 0.6) is 0 Å². The molecule has 2 aromatic carbocycles. The van der Waals surface area contributed by atoms with Crippen LogP contribution in [0.2, 0.25) is 0 Å². The minimum atomic E-state index is -0.516. The molecule has 0 atom stereocenters. The van der Waals surface area contributed by atoms with E-state index in [0.29, 0.717) is 26.1 Å². The molecular weight excluding hydrogens is 378 g/mol. The van der Waals surface area contributed by atoms with Crippen molar-refractivity contribution >= 4 is 17.8 Å². The fraction of sp³-hybridized carbons (Fsp3) is 0.417. The summed E-state index contributed by atoms with van der Waals surface area (Å²) in [5.74, 6) is 0. The second-order valence-corrected chi connectivity index (χ2v) is 8.71. The molecule has 0 fully saturated rings. The van der Waals surface area contributed by atoms with Gasteiger partial charge in [0, 0.05) is 25.3 Å². The van der Waals surface area contributed by atoms with Crippen molar-refractivity contribution in [2.24, 2.45) is 0 Å². The van der Waals surface area contributed by atoms with E-state index in [1.807, 2.05) is 39.0 Å². The van der Waals surface area contributed by atoms with Crippen LogP contribution in [0.4, 0.5) is 15.3 Å². The van der Waals surface area contributed by atoms with Crippen LogP contribution in [0.15, 0.2) is 42.5 Å². The topological polar surface area (TPSA) is 70.7 Å². The van der Waals surface area contributed by atoms with E-state index in [0.717, 1.165) is 23.2 Å². The van der Waals surface area contributed by atoms with Crippen molar-refractivity contribution in [3.8, 4) is 0 Å². The maximum atomic E-state index is 12.4. The van der Waals surface area contributed by atoms with Crippen molar-refractivity contribution < 1.29 is 14.3 Å². The van der Waals surface area contributed by atoms with Gasteiger partial charge in [-0.3, -0.25) is 0 Å². The van der Waals surface area contributed by atoms with E-state index in [4.69, 9.17) is 4.74 Å². The number of aryl methyl sites for hydroxylation is 1. The van der Waals surface area contributed by atoms with Crippen molar-refractivity contribution in [3.63, 3.8) is 0 Å². The second-order valence-electron chi connectivity index (χ2n) is 8.71. The molecule has 2 aromatic rings. The van der Waals surface area contributed by atoms with Gasteiger partial charge in [0.15, 0.2) is 0 Å². The molecule has 6 heteroatoms. The summed E-state index contributed by atoms with van der Waals surface area (Å²) >= 11 is 0. The molecule has 0 spiro atoms. The molecule has 160 valence electrons. The Bertz CT molecular complexity index is 901. The largest absolute Gasteiger partial charge is 0.444 e. The SMILES string of the molecule is Cc1ccc(CCNC(=O)Nc2cccc3c2CCN(C(=O)OC(C)(C)C)C3)cc1. The molecule has 0 saturated heterocycles. The number of urea groups is 1. The predicted octanol–water partition coefficient (Wildman–Crippen LogP) is 4.65. The molecule has 3 amide bonds. The molecule has 1 aliphatic rings. The summed E-state index contributed by atoms with van der Waals surface area (Å²) < 4.78 is 5.48. The van der Waals surface area contributed by atoms with Gasteiger partial charge in [0.2, 0.25) is 0 Å². The molecule has 1 aliphatic heterocycles. The van der Waals surface area contributed by atoms with E-state index in [1.165, 1.54) is 11.1 Å². The number of carbonyl (C=O) groups is 2. The molecule has 1 heterocycles. The lowest BCUT2D eigenvalue weighted by atomic mass is 9.98. The standard InChI is InChI=1S/C24H31N3O3/c1-17-8-10-18(11-9-17)12-14-25-22(28)26-21-7-5-6-19-16-27(15-13-20(19)21)23(29)30-24(2,3)4/h5-11H,12-16H2,1-4H3,(H2,25,26,28). The van der Waals surface area contributed by atoms with Crippen LogP contribution < -0.4 is 10.6 Å². The minimum absolute atomic E-state index is 0.218. The zero-order valence-electron chi connectivity index (χ0n) is 18.2. The Kier molecular flexibility index (Phi) is 6.65. The van der Waals surface area contributed by atoms with Crippen LogP contribution in [0.1, 0.15) is 43.0 Å². The first-order valence-electron chi connectivity index (χ1n) is 10.4. The lowest BCUT2D eigenvalue weighted by Gasteiger charge is -2.32. The zero-order valence-corrected chi connectivity index (χ0v) is 18.2. The third-order valence-corrected chi connectivity index (χ3v) is 4.99. The number of rotatable bonds is 4. The Labute approximate surface area is 178 Å². The molecule has 3 rings (SSSR count). The Hall–Kier alpha value is -3.02. The summed E-state index contributed by atoms with van der Waals surface area (Å²) in [5.41, 5.74) is 4.81. The van der Waals surface area contributed by atoms with Gasteiger partial charge in [0.25, 0.3) is 0 Å². The summed E-state index contributed by atoms with van der Waals surface area (Å²) in [4.78, 5) is 26.4. The van der Waals surface area contributed by atoms with Gasteiger partial charge in [0.1, 0.15) is 5.60 Å². The number of nitrogens with one attached hydrogen (secondary N) is 2. The van der Waals surface area contributed by atoms with Gasteiger partial charge in [-0.1, -0.05) is 42.0 Å². The number of ether oxygens (including phenoxy) is 1. The molecule has 0 bridgehead atoms. The maximum absolute atomic E-state index is 12.4. The van der Waals surface area contributed by atoms with E-state index < -0.39 is 5.60 Å². The number of carbonyl (C=O) groups excluding carboxylic acids is 2. The number of fused-ring (bicyclic) bond motifs is 1. The average Bonchev–Trinajstić information content (AvgIpc) is 2.68. The highest BCUT2D eigenvalue weighted by molar-refractivity contribution is 5.90. The molecule has 0 aliphatic carbocycles. The predicted molar refractivity (Wildman–Crippen MR) is 119 cm³/mol. The van der Waals surface area contributed by atoms with Crippen LogP contribution >= 0.6 is 0 Å². The molecule has 0 radical (unpaired) electrons. The van der Waals surface area contributed by atoms with Crippen molar-refractivity contribution in [2.75, 3.05) is 18.4 Å². The van der Waals surface area contributed by atoms with Crippen molar-refractivity contribution in [1.82, 2.24) is 10.2 Å². The van der Waals surface area contributed by atoms with Gasteiger partial charge in [-0.05, 0) is 63.3 Å². The number of nitrogens with zero attached hydrogens (tertiary/aromatic N) is 1. The highest BCUT2D eigenvalue weighted by Crippen LogP contribution is 2.27. The molecule has 0 aromatic heterocycles. The number of anilines is 1. The fourth-order valence-electron chi connectivity index (χ4n) is 3.45. The van der Waals surface area contributed by atoms with E-state index >= 15 is 0 Å². The molecule has 0 saturated carbocycles. The third-order valence-electron chi connectivity index (χ3n) is 4.99. The Morgan fingerprint density at radius 2 is 1.83 bits per heavy atom. The van der Waals surface area contributed by atoms with Gasteiger partial charge in [-0.25, -0.2) is 9.59 Å². The summed E-state index contributed by atoms with van der Waals surface area (Å²) in [7, 11) is 0. The number of hydrogen-bond acceptors (Lipinski definition) is 3. The van der Waals surface area contributed by atoms with Crippen molar-refractivity contribution in [3.05, 3.63) is 64.7 Å². The van der Waals surface area contributed by atoms with E-state index in [9.17, 15) is 9.59 Å². The monoisotopic (exact) mass is 409 g/mol. The van der Waals surface area contributed by atoms with Gasteiger partial charge in [0.05, 0.1) is 0 Å². The summed E-state index contributed by atoms with van der Waals surface area (Å²) in [6.45, 7) is 9.26. The Morgan fingerprint density at radius 3 is 2.53 bits per heavy atom. The smallest absolute Gasteiger partial charge is 0.410 e. The van der Waals surface area contributed by atoms with Crippen LogP contribution in [0, 0.1) is 6.92 Å². The van der Waals surface area contributed by atoms with Gasteiger partial charge < -0.3 is 20.3 Å². The van der Waals surface area contributed by atoms with Crippen LogP contribution in [-0.2, 0) is 24.1 Å². The first-order valence-corrected chi connectivity index (χ1v) is 10.4. The summed E-state index contributed by atoms with van der Waals surface area (Å²) in [5, 5.41) is 5.88. The Balaban J connectivity index is 1.55. The van der Waals surface area contributed by atoms with E-state index in [-0.39, 0.29) is 12.1 Å². The Morgan fingerprint density at radius 1 is 1.10 bits per heavy atom. The van der Waals surface area contributed by atoms with E-state index in [1.54, 1.807) is 4.90 Å². The normalized spacial score (nSPS) is 13.4. The maximum Gasteiger partial charge on any atom is 0.410 e. The van der Waals surface area contributed by atoms with Crippen molar-refractivity contribution in [1.29, 1.82) is 0 Å². The summed E-state index contributed by atoms with van der Waals surface area (Å²) in [6, 6.07) is 13.9. The third kappa shape index (κ3) is 5.99. The first kappa shape index (κ1) is 21.7. The number of hydrogen-bond donors (Lipinski definition) is 2. The minimum Gasteiger partial charge on any atom is -0.444 e. The number of benzene rings is 2. The summed E-state index contributed by atoms with van der Waals surface area (Å²) in [6.07, 6.45) is 1.15. The molecular formula is C24H31N3O3. The lowest BCUT2D eigenvalue weighted by Crippen LogP contribution is -2.40. The van der Waals surface area contributed by atoms with Crippen LogP contribution in [0.25, 0.3) is 0 Å². The zero-order chi connectivity index (χ0) is 21.7. The van der Waals surface area contributed by atoms with Gasteiger partial charge >= 0.3 is 12.1 Å². The molecule has 2 N–H and O–H groups in total. The fourth-order valence-corrected chi connectivity index (χ4v) is 3.45. The molecule has 30 heavy (non-hydrogen) atoms. The quantitative estimate of drug-likeness (QED) is 0.772. The average molecular weight is 410 g/mol. The van der Waals surface area contributed by atoms with Crippen LogP contribution in [-0.4, -0.2) is 35.7 Å². The molecule has 6 nitrogen and oxygen atoms in total. The lowest BCUT2D eigenvalue weighted by molar-refractivity contribution is 0.0224. The molecule has 0 unspecified atom stereocenters. The first-order chi connectivity index (χ1) is 14.2. The van der Waals surface area contributed by atoms with E-state index in [2.05, 4.69) is 41.8 Å². The van der Waals surface area contributed by atoms with Gasteiger partial charge in [-0.2, -0.15) is 0 Å². The van der Waals surface area contributed by atoms with Gasteiger partial charge in [-0.15, -0.1) is 0 Å². The number of amides is 3. The highest BCUT2D eigenvalue weighted by atomic mass is 16.6.